The molecule has 2 rings (SSSR count). The second-order valence-corrected chi connectivity index (χ2v) is 8.23. The van der Waals surface area contributed by atoms with Crippen LogP contribution in [0.3, 0.4) is 0 Å². The van der Waals surface area contributed by atoms with Crippen molar-refractivity contribution >= 4 is 9.84 Å². The first-order valence-corrected chi connectivity index (χ1v) is 8.64. The van der Waals surface area contributed by atoms with Crippen molar-refractivity contribution in [1.82, 2.24) is 0 Å². The maximum atomic E-state index is 12.9. The Balaban J connectivity index is 2.42. The minimum absolute atomic E-state index is 0.0585. The average molecular weight is 304 g/mol. The Labute approximate surface area is 127 Å². The molecule has 0 aliphatic carbocycles. The lowest BCUT2D eigenvalue weighted by Crippen LogP contribution is -2.43. The monoisotopic (exact) mass is 304 g/mol. The van der Waals surface area contributed by atoms with Gasteiger partial charge in [-0.25, -0.2) is 8.42 Å². The summed E-state index contributed by atoms with van der Waals surface area (Å²) in [7, 11) is 2.44. The van der Waals surface area contributed by atoms with Gasteiger partial charge >= 0.3 is 0 Å². The summed E-state index contributed by atoms with van der Waals surface area (Å²) in [4.78, 5) is 0. The molecule has 0 spiro atoms. The van der Waals surface area contributed by atoms with Crippen molar-refractivity contribution in [3.63, 3.8) is 0 Å². The molecule has 4 heteroatoms. The molecule has 3 nitrogen and oxygen atoms in total. The number of sulfone groups is 1. The van der Waals surface area contributed by atoms with Crippen LogP contribution in [0, 0.1) is 0 Å². The van der Waals surface area contributed by atoms with Crippen molar-refractivity contribution in [1.29, 1.82) is 0 Å². The quantitative estimate of drug-likeness (QED) is 0.796. The molecule has 0 aliphatic rings. The lowest BCUT2D eigenvalue weighted by atomic mass is 10.2. The maximum Gasteiger partial charge on any atom is 0.216 e. The van der Waals surface area contributed by atoms with E-state index in [1.165, 1.54) is 0 Å². The zero-order chi connectivity index (χ0) is 15.5. The molecular formula is C17H22NO2S+. The highest BCUT2D eigenvalue weighted by Crippen LogP contribution is 2.31. The first-order valence-electron chi connectivity index (χ1n) is 6.92. The summed E-state index contributed by atoms with van der Waals surface area (Å²) in [6, 6.07) is 18.8. The predicted molar refractivity (Wildman–Crippen MR) is 86.3 cm³/mol. The van der Waals surface area contributed by atoms with Crippen LogP contribution >= 0.6 is 0 Å². The van der Waals surface area contributed by atoms with Crippen LogP contribution in [0.4, 0.5) is 0 Å². The van der Waals surface area contributed by atoms with Crippen molar-refractivity contribution < 1.29 is 12.9 Å². The van der Waals surface area contributed by atoms with E-state index in [-0.39, 0.29) is 5.75 Å². The molecule has 0 fully saturated rings. The van der Waals surface area contributed by atoms with E-state index >= 15 is 0 Å². The Kier molecular flexibility index (Phi) is 4.49. The van der Waals surface area contributed by atoms with Crippen molar-refractivity contribution in [3.05, 3.63) is 71.8 Å². The molecule has 21 heavy (non-hydrogen) atoms. The van der Waals surface area contributed by atoms with Crippen LogP contribution in [0.5, 0.6) is 0 Å². The van der Waals surface area contributed by atoms with Crippen LogP contribution in [-0.4, -0.2) is 34.0 Å². The van der Waals surface area contributed by atoms with Gasteiger partial charge < -0.3 is 4.48 Å². The summed E-state index contributed by atoms with van der Waals surface area (Å²) in [5.74, 6) is 0.0585. The third-order valence-corrected chi connectivity index (χ3v) is 5.66. The van der Waals surface area contributed by atoms with E-state index in [9.17, 15) is 8.42 Å². The Bertz CT molecular complexity index is 674. The third-order valence-electron chi connectivity index (χ3n) is 3.34. The maximum absolute atomic E-state index is 12.9. The molecule has 2 aromatic carbocycles. The molecule has 112 valence electrons. The topological polar surface area (TPSA) is 34.1 Å². The molecule has 0 N–H and O–H groups in total. The molecule has 0 aromatic heterocycles. The molecule has 0 amide bonds. The summed E-state index contributed by atoms with van der Waals surface area (Å²) < 4.78 is 26.2. The smallest absolute Gasteiger partial charge is 0.216 e. The zero-order valence-corrected chi connectivity index (χ0v) is 13.5. The molecule has 1 atom stereocenters. The van der Waals surface area contributed by atoms with Gasteiger partial charge in [0.05, 0.1) is 26.9 Å². The van der Waals surface area contributed by atoms with Gasteiger partial charge in [-0.15, -0.1) is 0 Å². The number of rotatable bonds is 5. The van der Waals surface area contributed by atoms with Crippen LogP contribution in [0.2, 0.25) is 0 Å². The van der Waals surface area contributed by atoms with Gasteiger partial charge in [0.1, 0.15) is 0 Å². The SMILES string of the molecule is C[N+](C)(C)[C@@H](c1ccccc1)S(=O)(=O)Cc1ccccc1. The van der Waals surface area contributed by atoms with E-state index in [0.717, 1.165) is 11.1 Å². The van der Waals surface area contributed by atoms with Crippen molar-refractivity contribution in [2.75, 3.05) is 21.1 Å². The van der Waals surface area contributed by atoms with E-state index in [1.54, 1.807) is 0 Å². The van der Waals surface area contributed by atoms with Crippen molar-refractivity contribution in [2.45, 2.75) is 11.1 Å². The lowest BCUT2D eigenvalue weighted by Gasteiger charge is -2.33. The van der Waals surface area contributed by atoms with E-state index in [4.69, 9.17) is 0 Å². The molecule has 2 aromatic rings. The Morgan fingerprint density at radius 1 is 0.857 bits per heavy atom. The lowest BCUT2D eigenvalue weighted by molar-refractivity contribution is -0.887. The number of quaternary nitrogens is 1. The molecule has 0 bridgehead atoms. The molecule has 0 radical (unpaired) electrons. The second kappa shape index (κ2) is 6.00. The number of benzene rings is 2. The van der Waals surface area contributed by atoms with Gasteiger partial charge in [0.25, 0.3) is 0 Å². The van der Waals surface area contributed by atoms with Gasteiger partial charge in [-0.1, -0.05) is 60.7 Å². The molecule has 0 unspecified atom stereocenters. The first kappa shape index (κ1) is 15.7. The fourth-order valence-corrected chi connectivity index (χ4v) is 4.99. The summed E-state index contributed by atoms with van der Waals surface area (Å²) in [6.07, 6.45) is 0. The Morgan fingerprint density at radius 2 is 1.33 bits per heavy atom. The van der Waals surface area contributed by atoms with Crippen LogP contribution in [-0.2, 0) is 15.6 Å². The van der Waals surface area contributed by atoms with E-state index in [1.807, 2.05) is 81.8 Å². The average Bonchev–Trinajstić information content (AvgIpc) is 2.38. The minimum Gasteiger partial charge on any atom is -0.312 e. The normalized spacial score (nSPS) is 13.9. The first-order chi connectivity index (χ1) is 9.81. The van der Waals surface area contributed by atoms with Crippen LogP contribution in [0.15, 0.2) is 60.7 Å². The zero-order valence-electron chi connectivity index (χ0n) is 12.7. The Morgan fingerprint density at radius 3 is 1.81 bits per heavy atom. The summed E-state index contributed by atoms with van der Waals surface area (Å²) >= 11 is 0. The standard InChI is InChI=1S/C17H22NO2S/c1-18(2,3)17(16-12-8-5-9-13-16)21(19,20)14-15-10-6-4-7-11-15/h4-13,17H,14H2,1-3H3/q+1/t17-/m1/s1. The third kappa shape index (κ3) is 3.93. The number of hydrogen-bond acceptors (Lipinski definition) is 2. The second-order valence-electron chi connectivity index (χ2n) is 6.17. The van der Waals surface area contributed by atoms with Crippen molar-refractivity contribution in [2.24, 2.45) is 0 Å². The fraction of sp³-hybridized carbons (Fsp3) is 0.294. The van der Waals surface area contributed by atoms with Crippen molar-refractivity contribution in [3.8, 4) is 0 Å². The highest BCUT2D eigenvalue weighted by Gasteiger charge is 2.38. The number of nitrogens with zero attached hydrogens (tertiary/aromatic N) is 1. The molecule has 0 saturated heterocycles. The van der Waals surface area contributed by atoms with E-state index < -0.39 is 15.2 Å². The fourth-order valence-electron chi connectivity index (χ4n) is 2.64. The number of hydrogen-bond donors (Lipinski definition) is 0. The largest absolute Gasteiger partial charge is 0.312 e. The van der Waals surface area contributed by atoms with E-state index in [0.29, 0.717) is 4.48 Å². The molecule has 0 heterocycles. The van der Waals surface area contributed by atoms with Gasteiger partial charge in [-0.05, 0) is 5.56 Å². The van der Waals surface area contributed by atoms with Gasteiger partial charge in [0.15, 0.2) is 0 Å². The minimum atomic E-state index is -3.31. The van der Waals surface area contributed by atoms with E-state index in [2.05, 4.69) is 0 Å². The summed E-state index contributed by atoms with van der Waals surface area (Å²) in [5, 5.41) is -0.570. The predicted octanol–water partition coefficient (Wildman–Crippen LogP) is 3.01. The van der Waals surface area contributed by atoms with Gasteiger partial charge in [-0.3, -0.25) is 0 Å². The summed E-state index contributed by atoms with van der Waals surface area (Å²) in [6.45, 7) is 0. The summed E-state index contributed by atoms with van der Waals surface area (Å²) in [5.41, 5.74) is 1.66. The molecule has 0 aliphatic heterocycles. The highest BCUT2D eigenvalue weighted by atomic mass is 32.2. The van der Waals surface area contributed by atoms with Gasteiger partial charge in [0, 0.05) is 5.56 Å². The Hall–Kier alpha value is -1.65. The van der Waals surface area contributed by atoms with Crippen LogP contribution in [0.1, 0.15) is 16.5 Å². The highest BCUT2D eigenvalue weighted by molar-refractivity contribution is 7.90. The van der Waals surface area contributed by atoms with Crippen LogP contribution in [0.25, 0.3) is 0 Å². The van der Waals surface area contributed by atoms with Crippen LogP contribution < -0.4 is 0 Å². The van der Waals surface area contributed by atoms with Gasteiger partial charge in [-0.2, -0.15) is 0 Å². The van der Waals surface area contributed by atoms with Gasteiger partial charge in [0.2, 0.25) is 15.2 Å². The molecule has 0 saturated carbocycles. The molecular weight excluding hydrogens is 282 g/mol.